The van der Waals surface area contributed by atoms with Crippen molar-refractivity contribution in [3.63, 3.8) is 0 Å². The minimum Gasteiger partial charge on any atom is -0.393 e. The van der Waals surface area contributed by atoms with Crippen LogP contribution in [0.4, 0.5) is 4.39 Å². The Morgan fingerprint density at radius 3 is 2.60 bits per heavy atom. The third kappa shape index (κ3) is 2.57. The SMILES string of the molecule is NC(=S)c1ccc(F)c(CN2C3CCC2CC(O)C3)c1. The third-order valence-electron chi connectivity index (χ3n) is 4.54. The first-order valence-electron chi connectivity index (χ1n) is 7.06. The molecule has 0 spiro atoms. The molecular weight excluding hydrogens is 275 g/mol. The maximum absolute atomic E-state index is 14.0. The van der Waals surface area contributed by atoms with E-state index in [1.165, 1.54) is 6.07 Å². The molecule has 2 unspecified atom stereocenters. The van der Waals surface area contributed by atoms with Crippen LogP contribution in [-0.2, 0) is 6.54 Å². The second-order valence-corrected chi connectivity index (χ2v) is 6.29. The van der Waals surface area contributed by atoms with Gasteiger partial charge in [-0.3, -0.25) is 4.90 Å². The fourth-order valence-electron chi connectivity index (χ4n) is 3.55. The van der Waals surface area contributed by atoms with Gasteiger partial charge in [-0.2, -0.15) is 0 Å². The van der Waals surface area contributed by atoms with Gasteiger partial charge in [-0.1, -0.05) is 12.2 Å². The smallest absolute Gasteiger partial charge is 0.127 e. The van der Waals surface area contributed by atoms with E-state index in [2.05, 4.69) is 4.90 Å². The van der Waals surface area contributed by atoms with E-state index >= 15 is 0 Å². The van der Waals surface area contributed by atoms with Gasteiger partial charge in [0.25, 0.3) is 0 Å². The molecule has 3 nitrogen and oxygen atoms in total. The number of hydrogen-bond acceptors (Lipinski definition) is 3. The number of rotatable bonds is 3. The molecule has 2 aliphatic rings. The lowest BCUT2D eigenvalue weighted by Crippen LogP contribution is -2.44. The first-order valence-corrected chi connectivity index (χ1v) is 7.47. The minimum atomic E-state index is -0.212. The molecule has 2 heterocycles. The van der Waals surface area contributed by atoms with Crippen molar-refractivity contribution in [1.29, 1.82) is 0 Å². The van der Waals surface area contributed by atoms with Gasteiger partial charge in [0, 0.05) is 29.8 Å². The number of hydrogen-bond donors (Lipinski definition) is 2. The predicted molar refractivity (Wildman–Crippen MR) is 79.9 cm³/mol. The topological polar surface area (TPSA) is 49.5 Å². The van der Waals surface area contributed by atoms with Crippen LogP contribution in [0.1, 0.15) is 36.8 Å². The summed E-state index contributed by atoms with van der Waals surface area (Å²) >= 11 is 4.95. The zero-order valence-electron chi connectivity index (χ0n) is 11.3. The highest BCUT2D eigenvalue weighted by Gasteiger charge is 2.40. The molecular formula is C15H19FN2OS. The Kier molecular flexibility index (Phi) is 3.75. The lowest BCUT2D eigenvalue weighted by Gasteiger charge is -2.37. The van der Waals surface area contributed by atoms with Crippen molar-refractivity contribution in [3.8, 4) is 0 Å². The summed E-state index contributed by atoms with van der Waals surface area (Å²) in [5.74, 6) is -0.212. The maximum Gasteiger partial charge on any atom is 0.127 e. The summed E-state index contributed by atoms with van der Waals surface area (Å²) in [5.41, 5.74) is 6.96. The Hall–Kier alpha value is -1.04. The van der Waals surface area contributed by atoms with Gasteiger partial charge in [-0.05, 0) is 43.9 Å². The summed E-state index contributed by atoms with van der Waals surface area (Å²) in [6.07, 6.45) is 3.59. The van der Waals surface area contributed by atoms with Gasteiger partial charge in [0.15, 0.2) is 0 Å². The third-order valence-corrected chi connectivity index (χ3v) is 4.78. The number of aliphatic hydroxyl groups excluding tert-OH is 1. The normalized spacial score (nSPS) is 29.6. The lowest BCUT2D eigenvalue weighted by molar-refractivity contribution is 0.0305. The Balaban J connectivity index is 1.81. The molecule has 20 heavy (non-hydrogen) atoms. The van der Waals surface area contributed by atoms with Crippen molar-refractivity contribution in [2.75, 3.05) is 0 Å². The average Bonchev–Trinajstić information content (AvgIpc) is 2.64. The summed E-state index contributed by atoms with van der Waals surface area (Å²) < 4.78 is 14.0. The van der Waals surface area contributed by atoms with E-state index in [0.29, 0.717) is 34.7 Å². The van der Waals surface area contributed by atoms with Crippen molar-refractivity contribution in [1.82, 2.24) is 4.90 Å². The first-order chi connectivity index (χ1) is 9.54. The number of fused-ring (bicyclic) bond motifs is 2. The monoisotopic (exact) mass is 294 g/mol. The van der Waals surface area contributed by atoms with Crippen LogP contribution in [0.15, 0.2) is 18.2 Å². The molecule has 0 radical (unpaired) electrons. The number of aliphatic hydroxyl groups is 1. The minimum absolute atomic E-state index is 0.198. The number of benzene rings is 1. The summed E-state index contributed by atoms with van der Waals surface area (Å²) in [5, 5.41) is 9.81. The molecule has 3 N–H and O–H groups in total. The zero-order chi connectivity index (χ0) is 14.3. The predicted octanol–water partition coefficient (Wildman–Crippen LogP) is 1.95. The van der Waals surface area contributed by atoms with Crippen LogP contribution >= 0.6 is 12.2 Å². The van der Waals surface area contributed by atoms with E-state index in [4.69, 9.17) is 18.0 Å². The standard InChI is InChI=1S/C15H19FN2OS/c16-14-4-1-9(15(17)20)5-10(14)8-18-11-2-3-12(18)7-13(19)6-11/h1,4-5,11-13,19H,2-3,6-8H2,(H2,17,20). The quantitative estimate of drug-likeness (QED) is 0.837. The number of halogens is 1. The molecule has 1 aromatic rings. The number of piperidine rings is 1. The second-order valence-electron chi connectivity index (χ2n) is 5.85. The van der Waals surface area contributed by atoms with E-state index in [-0.39, 0.29) is 11.9 Å². The van der Waals surface area contributed by atoms with Crippen molar-refractivity contribution in [2.45, 2.75) is 50.4 Å². The van der Waals surface area contributed by atoms with Crippen LogP contribution in [0.25, 0.3) is 0 Å². The zero-order valence-corrected chi connectivity index (χ0v) is 12.1. The highest BCUT2D eigenvalue weighted by Crippen LogP contribution is 2.37. The van der Waals surface area contributed by atoms with Crippen LogP contribution in [0.5, 0.6) is 0 Å². The molecule has 2 fully saturated rings. The number of nitrogens with two attached hydrogens (primary N) is 1. The van der Waals surface area contributed by atoms with E-state index in [1.807, 2.05) is 0 Å². The van der Waals surface area contributed by atoms with Gasteiger partial charge in [0.05, 0.1) is 6.10 Å². The summed E-state index contributed by atoms with van der Waals surface area (Å²) in [6, 6.07) is 5.55. The van der Waals surface area contributed by atoms with E-state index < -0.39 is 0 Å². The maximum atomic E-state index is 14.0. The van der Waals surface area contributed by atoms with Crippen LogP contribution in [0, 0.1) is 5.82 Å². The highest BCUT2D eigenvalue weighted by molar-refractivity contribution is 7.80. The van der Waals surface area contributed by atoms with Gasteiger partial charge < -0.3 is 10.8 Å². The Morgan fingerprint density at radius 1 is 1.35 bits per heavy atom. The summed E-state index contributed by atoms with van der Waals surface area (Å²) in [4.78, 5) is 2.62. The fraction of sp³-hybridized carbons (Fsp3) is 0.533. The number of thiocarbonyl (C=S) groups is 1. The highest BCUT2D eigenvalue weighted by atomic mass is 32.1. The largest absolute Gasteiger partial charge is 0.393 e. The molecule has 0 aliphatic carbocycles. The molecule has 2 saturated heterocycles. The molecule has 2 aliphatic heterocycles. The molecule has 2 atom stereocenters. The Morgan fingerprint density at radius 2 is 2.00 bits per heavy atom. The molecule has 0 amide bonds. The molecule has 3 rings (SSSR count). The molecule has 0 aromatic heterocycles. The van der Waals surface area contributed by atoms with E-state index in [9.17, 15) is 9.50 Å². The molecule has 108 valence electrons. The first kappa shape index (κ1) is 13.9. The average molecular weight is 294 g/mol. The van der Waals surface area contributed by atoms with Crippen molar-refractivity contribution in [3.05, 3.63) is 35.1 Å². The molecule has 1 aromatic carbocycles. The summed E-state index contributed by atoms with van der Waals surface area (Å²) in [6.45, 7) is 0.574. The fourth-order valence-corrected chi connectivity index (χ4v) is 3.68. The van der Waals surface area contributed by atoms with Crippen LogP contribution < -0.4 is 5.73 Å². The van der Waals surface area contributed by atoms with Crippen LogP contribution in [0.3, 0.4) is 0 Å². The Bertz CT molecular complexity index is 523. The van der Waals surface area contributed by atoms with Gasteiger partial charge in [-0.15, -0.1) is 0 Å². The second kappa shape index (κ2) is 5.39. The van der Waals surface area contributed by atoms with Gasteiger partial charge in [0.1, 0.15) is 10.8 Å². The molecule has 5 heteroatoms. The Labute approximate surface area is 123 Å². The van der Waals surface area contributed by atoms with Crippen molar-refractivity contribution < 1.29 is 9.50 Å². The lowest BCUT2D eigenvalue weighted by atomic mass is 9.98. The van der Waals surface area contributed by atoms with Gasteiger partial charge in [0.2, 0.25) is 0 Å². The van der Waals surface area contributed by atoms with Gasteiger partial charge in [-0.25, -0.2) is 4.39 Å². The van der Waals surface area contributed by atoms with E-state index in [0.717, 1.165) is 25.7 Å². The van der Waals surface area contributed by atoms with Crippen molar-refractivity contribution >= 4 is 17.2 Å². The number of nitrogens with zero attached hydrogens (tertiary/aromatic N) is 1. The van der Waals surface area contributed by atoms with Crippen molar-refractivity contribution in [2.24, 2.45) is 5.73 Å². The van der Waals surface area contributed by atoms with Gasteiger partial charge >= 0.3 is 0 Å². The summed E-state index contributed by atoms with van der Waals surface area (Å²) in [7, 11) is 0. The van der Waals surface area contributed by atoms with Crippen LogP contribution in [0.2, 0.25) is 0 Å². The molecule has 2 bridgehead atoms. The van der Waals surface area contributed by atoms with Crippen LogP contribution in [-0.4, -0.2) is 33.2 Å². The molecule has 0 saturated carbocycles. The van der Waals surface area contributed by atoms with E-state index in [1.54, 1.807) is 12.1 Å².